The number of aromatic nitrogens is 1. The van der Waals surface area contributed by atoms with Gasteiger partial charge in [-0.15, -0.1) is 0 Å². The molecule has 1 heterocycles. The van der Waals surface area contributed by atoms with Crippen molar-refractivity contribution in [3.63, 3.8) is 0 Å². The molecule has 0 aliphatic heterocycles. The van der Waals surface area contributed by atoms with Gasteiger partial charge in [0.25, 0.3) is 0 Å². The van der Waals surface area contributed by atoms with E-state index in [0.29, 0.717) is 16.8 Å². The Morgan fingerprint density at radius 1 is 1.53 bits per heavy atom. The van der Waals surface area contributed by atoms with E-state index in [1.54, 1.807) is 25.2 Å². The minimum atomic E-state index is -1.20. The highest BCUT2D eigenvalue weighted by molar-refractivity contribution is 5.96. The first-order chi connectivity index (χ1) is 8.99. The molecule has 1 unspecified atom stereocenters. The Balaban J connectivity index is 2.16. The van der Waals surface area contributed by atoms with Crippen molar-refractivity contribution in [2.24, 2.45) is 5.73 Å². The van der Waals surface area contributed by atoms with Crippen LogP contribution >= 0.6 is 0 Å². The number of anilines is 1. The summed E-state index contributed by atoms with van der Waals surface area (Å²) in [5.74, 6) is -1.58. The van der Waals surface area contributed by atoms with Gasteiger partial charge in [0.05, 0.1) is 6.42 Å². The second-order valence-corrected chi connectivity index (χ2v) is 4.11. The highest BCUT2D eigenvalue weighted by Crippen LogP contribution is 2.21. The maximum absolute atomic E-state index is 11.9. The van der Waals surface area contributed by atoms with Crippen molar-refractivity contribution >= 4 is 28.7 Å². The Morgan fingerprint density at radius 2 is 2.26 bits per heavy atom. The van der Waals surface area contributed by atoms with Crippen molar-refractivity contribution in [2.75, 3.05) is 11.9 Å². The van der Waals surface area contributed by atoms with Crippen LogP contribution in [-0.2, 0) is 9.59 Å². The molecule has 0 radical (unpaired) electrons. The Bertz CT molecular complexity index is 622. The predicted molar refractivity (Wildman–Crippen MR) is 67.6 cm³/mol. The molecule has 0 saturated carbocycles. The number of oxazole rings is 1. The summed E-state index contributed by atoms with van der Waals surface area (Å²) in [5.41, 5.74) is 7.16. The van der Waals surface area contributed by atoms with E-state index < -0.39 is 12.0 Å². The molecular weight excluding hydrogens is 250 g/mol. The highest BCUT2D eigenvalue weighted by atomic mass is 16.4. The molecule has 0 aliphatic rings. The van der Waals surface area contributed by atoms with Gasteiger partial charge in [-0.2, -0.15) is 0 Å². The zero-order valence-corrected chi connectivity index (χ0v) is 10.2. The first-order valence-electron chi connectivity index (χ1n) is 5.57. The number of nitrogens with two attached hydrogens (primary N) is 1. The van der Waals surface area contributed by atoms with Gasteiger partial charge < -0.3 is 20.2 Å². The van der Waals surface area contributed by atoms with Crippen LogP contribution in [0, 0.1) is 0 Å². The third kappa shape index (κ3) is 2.71. The van der Waals surface area contributed by atoms with E-state index in [9.17, 15) is 9.59 Å². The molecule has 1 aromatic heterocycles. The highest BCUT2D eigenvalue weighted by Gasteiger charge is 2.20. The second-order valence-electron chi connectivity index (χ2n) is 4.11. The average molecular weight is 263 g/mol. The molecule has 2 aromatic rings. The number of hydrogen-bond acceptors (Lipinski definition) is 5. The first-order valence-corrected chi connectivity index (χ1v) is 5.57. The van der Waals surface area contributed by atoms with Crippen molar-refractivity contribution in [1.82, 2.24) is 4.98 Å². The van der Waals surface area contributed by atoms with Crippen LogP contribution in [0.3, 0.4) is 0 Å². The van der Waals surface area contributed by atoms with Crippen molar-refractivity contribution < 1.29 is 19.1 Å². The number of fused-ring (bicyclic) bond motifs is 1. The smallest absolute Gasteiger partial charge is 0.321 e. The second kappa shape index (κ2) is 5.07. The number of carbonyl (C=O) groups is 2. The fourth-order valence-corrected chi connectivity index (χ4v) is 1.61. The molecule has 0 saturated heterocycles. The van der Waals surface area contributed by atoms with Gasteiger partial charge in [-0.25, -0.2) is 4.98 Å². The number of carboxylic acids is 1. The molecule has 0 spiro atoms. The standard InChI is InChI=1S/C12H13N3O4/c1-15(11(16)5-8(13)12(17)18)7-2-3-9-10(4-7)19-6-14-9/h2-4,6,8H,5,13H2,1H3,(H,17,18). The molecule has 19 heavy (non-hydrogen) atoms. The van der Waals surface area contributed by atoms with Gasteiger partial charge in [0.1, 0.15) is 11.6 Å². The molecule has 1 aromatic carbocycles. The maximum Gasteiger partial charge on any atom is 0.321 e. The summed E-state index contributed by atoms with van der Waals surface area (Å²) in [5, 5.41) is 8.68. The van der Waals surface area contributed by atoms with Gasteiger partial charge >= 0.3 is 5.97 Å². The van der Waals surface area contributed by atoms with E-state index in [-0.39, 0.29) is 12.3 Å². The summed E-state index contributed by atoms with van der Waals surface area (Å²) < 4.78 is 5.14. The Hall–Kier alpha value is -2.41. The molecule has 0 aliphatic carbocycles. The SMILES string of the molecule is CN(C(=O)CC(N)C(=O)O)c1ccc2ncoc2c1. The van der Waals surface area contributed by atoms with E-state index >= 15 is 0 Å². The van der Waals surface area contributed by atoms with Crippen LogP contribution in [0.1, 0.15) is 6.42 Å². The molecule has 1 amide bonds. The van der Waals surface area contributed by atoms with Crippen molar-refractivity contribution in [2.45, 2.75) is 12.5 Å². The van der Waals surface area contributed by atoms with E-state index in [0.717, 1.165) is 0 Å². The number of nitrogens with zero attached hydrogens (tertiary/aromatic N) is 2. The number of rotatable bonds is 4. The normalized spacial score (nSPS) is 12.3. The minimum absolute atomic E-state index is 0.264. The van der Waals surface area contributed by atoms with Gasteiger partial charge in [0.2, 0.25) is 5.91 Å². The molecule has 7 nitrogen and oxygen atoms in total. The molecular formula is C12H13N3O4. The molecule has 0 fully saturated rings. The summed E-state index contributed by atoms with van der Waals surface area (Å²) in [6.45, 7) is 0. The average Bonchev–Trinajstić information content (AvgIpc) is 2.84. The van der Waals surface area contributed by atoms with Crippen molar-refractivity contribution in [3.05, 3.63) is 24.6 Å². The summed E-state index contributed by atoms with van der Waals surface area (Å²) in [6, 6.07) is 3.88. The van der Waals surface area contributed by atoms with Gasteiger partial charge in [0.15, 0.2) is 12.0 Å². The number of benzene rings is 1. The van der Waals surface area contributed by atoms with Crippen LogP contribution in [0.4, 0.5) is 5.69 Å². The summed E-state index contributed by atoms with van der Waals surface area (Å²) in [4.78, 5) is 27.8. The summed E-state index contributed by atoms with van der Waals surface area (Å²) in [6.07, 6.45) is 1.05. The first kappa shape index (κ1) is 13.0. The molecule has 7 heteroatoms. The Kier molecular flexibility index (Phi) is 3.48. The van der Waals surface area contributed by atoms with E-state index in [4.69, 9.17) is 15.3 Å². The number of amides is 1. The van der Waals surface area contributed by atoms with Gasteiger partial charge in [-0.05, 0) is 12.1 Å². The van der Waals surface area contributed by atoms with Crippen molar-refractivity contribution in [1.29, 1.82) is 0 Å². The predicted octanol–water partition coefficient (Wildman–Crippen LogP) is 0.593. The van der Waals surface area contributed by atoms with Crippen LogP contribution < -0.4 is 10.6 Å². The van der Waals surface area contributed by atoms with Crippen LogP contribution in [0.2, 0.25) is 0 Å². The van der Waals surface area contributed by atoms with E-state index in [2.05, 4.69) is 4.98 Å². The third-order valence-electron chi connectivity index (χ3n) is 2.79. The zero-order valence-electron chi connectivity index (χ0n) is 10.2. The molecule has 3 N–H and O–H groups in total. The van der Waals surface area contributed by atoms with Gasteiger partial charge in [-0.3, -0.25) is 9.59 Å². The quantitative estimate of drug-likeness (QED) is 0.835. The van der Waals surface area contributed by atoms with Crippen molar-refractivity contribution in [3.8, 4) is 0 Å². The number of hydrogen-bond donors (Lipinski definition) is 2. The topological polar surface area (TPSA) is 110 Å². The lowest BCUT2D eigenvalue weighted by molar-refractivity contribution is -0.140. The minimum Gasteiger partial charge on any atom is -0.480 e. The van der Waals surface area contributed by atoms with Crippen LogP contribution in [0.25, 0.3) is 11.1 Å². The molecule has 0 bridgehead atoms. The number of carboxylic acid groups (broad SMARTS) is 1. The Morgan fingerprint density at radius 3 is 2.95 bits per heavy atom. The summed E-state index contributed by atoms with van der Waals surface area (Å²) >= 11 is 0. The van der Waals surface area contributed by atoms with Crippen LogP contribution in [0.5, 0.6) is 0 Å². The lowest BCUT2D eigenvalue weighted by Crippen LogP contribution is -2.37. The fourth-order valence-electron chi connectivity index (χ4n) is 1.61. The maximum atomic E-state index is 11.9. The van der Waals surface area contributed by atoms with E-state index in [1.165, 1.54) is 11.3 Å². The zero-order chi connectivity index (χ0) is 14.0. The largest absolute Gasteiger partial charge is 0.480 e. The van der Waals surface area contributed by atoms with Gasteiger partial charge in [-0.1, -0.05) is 0 Å². The fraction of sp³-hybridized carbons (Fsp3) is 0.250. The molecule has 2 rings (SSSR count). The Labute approximate surface area is 108 Å². The third-order valence-corrected chi connectivity index (χ3v) is 2.79. The van der Waals surface area contributed by atoms with Gasteiger partial charge in [0, 0.05) is 18.8 Å². The summed E-state index contributed by atoms with van der Waals surface area (Å²) in [7, 11) is 1.55. The molecule has 1 atom stereocenters. The lowest BCUT2D eigenvalue weighted by Gasteiger charge is -2.18. The molecule has 100 valence electrons. The monoisotopic (exact) mass is 263 g/mol. The van der Waals surface area contributed by atoms with Crippen LogP contribution in [0.15, 0.2) is 29.0 Å². The number of carbonyl (C=O) groups excluding carboxylic acids is 1. The van der Waals surface area contributed by atoms with E-state index in [1.807, 2.05) is 0 Å². The lowest BCUT2D eigenvalue weighted by atomic mass is 10.2. The number of aliphatic carboxylic acids is 1. The van der Waals surface area contributed by atoms with Crippen LogP contribution in [-0.4, -0.2) is 35.1 Å².